The van der Waals surface area contributed by atoms with Crippen molar-refractivity contribution in [3.8, 4) is 0 Å². The number of amides is 1. The van der Waals surface area contributed by atoms with Gasteiger partial charge in [-0.1, -0.05) is 19.2 Å². The van der Waals surface area contributed by atoms with Crippen molar-refractivity contribution in [2.45, 2.75) is 13.8 Å². The van der Waals surface area contributed by atoms with E-state index in [1.165, 1.54) is 0 Å². The minimum atomic E-state index is -0.454. The smallest absolute Gasteiger partial charge is 0.275 e. The number of aldehydes is 1. The summed E-state index contributed by atoms with van der Waals surface area (Å²) in [6.45, 7) is 11.1. The summed E-state index contributed by atoms with van der Waals surface area (Å²) in [5.74, 6) is -0.408. The molecule has 126 valence electrons. The maximum atomic E-state index is 12.1. The second-order valence-electron chi connectivity index (χ2n) is 5.09. The molecule has 0 saturated heterocycles. The third-order valence-electron chi connectivity index (χ3n) is 3.00. The molecule has 0 fully saturated rings. The number of carbonyl (C=O) groups is 2. The number of allylic oxidation sites excluding steroid dienone is 1. The van der Waals surface area contributed by atoms with Crippen LogP contribution in [0.1, 0.15) is 24.2 Å². The van der Waals surface area contributed by atoms with Crippen LogP contribution in [0.5, 0.6) is 0 Å². The highest BCUT2D eigenvalue weighted by Crippen LogP contribution is 2.10. The zero-order valence-corrected chi connectivity index (χ0v) is 13.9. The first-order valence-corrected chi connectivity index (χ1v) is 7.32. The standard InChI is InChI=1S/C18H22N4O2/c1-5-15(10-20-16-8-6-14(11-23)7-9-16)22-17(12(2)3)18(24)21-13(4)19/h5-9,11,20H,2,4,10,19H2,1,3H3,(H,21,24)/b15-5-,22-17?. The van der Waals surface area contributed by atoms with Gasteiger partial charge >= 0.3 is 0 Å². The maximum Gasteiger partial charge on any atom is 0.275 e. The van der Waals surface area contributed by atoms with E-state index in [-0.39, 0.29) is 11.5 Å². The lowest BCUT2D eigenvalue weighted by Gasteiger charge is -2.10. The topological polar surface area (TPSA) is 96.6 Å². The van der Waals surface area contributed by atoms with Crippen molar-refractivity contribution in [1.29, 1.82) is 0 Å². The Morgan fingerprint density at radius 1 is 1.29 bits per heavy atom. The fourth-order valence-electron chi connectivity index (χ4n) is 1.77. The van der Waals surface area contributed by atoms with Crippen LogP contribution in [0.2, 0.25) is 0 Å². The van der Waals surface area contributed by atoms with Crippen LogP contribution < -0.4 is 16.4 Å². The van der Waals surface area contributed by atoms with Gasteiger partial charge in [-0.15, -0.1) is 0 Å². The molecule has 0 unspecified atom stereocenters. The molecule has 0 atom stereocenters. The van der Waals surface area contributed by atoms with Crippen LogP contribution in [-0.4, -0.2) is 24.4 Å². The van der Waals surface area contributed by atoms with E-state index in [0.717, 1.165) is 12.0 Å². The van der Waals surface area contributed by atoms with Crippen LogP contribution in [0.15, 0.2) is 65.6 Å². The van der Waals surface area contributed by atoms with Gasteiger partial charge in [-0.2, -0.15) is 0 Å². The Morgan fingerprint density at radius 2 is 1.92 bits per heavy atom. The lowest BCUT2D eigenvalue weighted by molar-refractivity contribution is -0.114. The SMILES string of the molecule is C=C(N)NC(=O)C(=N/C(=C\C)CNc1ccc(C=O)cc1)C(=C)C. The molecule has 1 aromatic rings. The molecule has 1 amide bonds. The van der Waals surface area contributed by atoms with E-state index < -0.39 is 5.91 Å². The zero-order chi connectivity index (χ0) is 18.1. The summed E-state index contributed by atoms with van der Waals surface area (Å²) in [4.78, 5) is 27.1. The Kier molecular flexibility index (Phi) is 7.16. The molecule has 0 aromatic heterocycles. The fourth-order valence-corrected chi connectivity index (χ4v) is 1.77. The van der Waals surface area contributed by atoms with Gasteiger partial charge in [-0.25, -0.2) is 4.99 Å². The number of nitrogens with zero attached hydrogens (tertiary/aromatic N) is 1. The van der Waals surface area contributed by atoms with E-state index in [1.54, 1.807) is 37.3 Å². The molecule has 0 bridgehead atoms. The first-order chi connectivity index (χ1) is 11.4. The lowest BCUT2D eigenvalue weighted by Crippen LogP contribution is -2.33. The molecule has 1 aromatic carbocycles. The summed E-state index contributed by atoms with van der Waals surface area (Å²) < 4.78 is 0. The monoisotopic (exact) mass is 326 g/mol. The third-order valence-corrected chi connectivity index (χ3v) is 3.00. The predicted molar refractivity (Wildman–Crippen MR) is 97.8 cm³/mol. The number of nitrogens with one attached hydrogen (secondary N) is 2. The molecular weight excluding hydrogens is 304 g/mol. The number of carbonyl (C=O) groups excluding carboxylic acids is 2. The molecule has 0 saturated carbocycles. The van der Waals surface area contributed by atoms with E-state index in [1.807, 2.05) is 6.92 Å². The summed E-state index contributed by atoms with van der Waals surface area (Å²) in [6, 6.07) is 7.03. The largest absolute Gasteiger partial charge is 0.386 e. The second kappa shape index (κ2) is 9.09. The van der Waals surface area contributed by atoms with Gasteiger partial charge < -0.3 is 16.4 Å². The highest BCUT2D eigenvalue weighted by atomic mass is 16.2. The summed E-state index contributed by atoms with van der Waals surface area (Å²) in [5.41, 5.74) is 8.20. The number of hydrogen-bond donors (Lipinski definition) is 3. The van der Waals surface area contributed by atoms with E-state index in [4.69, 9.17) is 5.73 Å². The number of benzene rings is 1. The summed E-state index contributed by atoms with van der Waals surface area (Å²) >= 11 is 0. The van der Waals surface area contributed by atoms with Gasteiger partial charge in [0, 0.05) is 11.3 Å². The van der Waals surface area contributed by atoms with E-state index in [9.17, 15) is 9.59 Å². The van der Waals surface area contributed by atoms with Crippen LogP contribution in [0.3, 0.4) is 0 Å². The summed E-state index contributed by atoms with van der Waals surface area (Å²) in [5, 5.41) is 5.59. The summed E-state index contributed by atoms with van der Waals surface area (Å²) in [7, 11) is 0. The van der Waals surface area contributed by atoms with E-state index in [0.29, 0.717) is 23.4 Å². The fraction of sp³-hybridized carbons (Fsp3) is 0.167. The van der Waals surface area contributed by atoms with Crippen LogP contribution in [0.25, 0.3) is 0 Å². The van der Waals surface area contributed by atoms with Crippen molar-refractivity contribution in [1.82, 2.24) is 5.32 Å². The lowest BCUT2D eigenvalue weighted by atomic mass is 10.2. The van der Waals surface area contributed by atoms with Gasteiger partial charge in [0.25, 0.3) is 5.91 Å². The van der Waals surface area contributed by atoms with Crippen LogP contribution in [0, 0.1) is 0 Å². The molecule has 6 nitrogen and oxygen atoms in total. The Balaban J connectivity index is 2.85. The van der Waals surface area contributed by atoms with E-state index in [2.05, 4.69) is 28.8 Å². The average Bonchev–Trinajstić information content (AvgIpc) is 2.54. The molecule has 0 heterocycles. The van der Waals surface area contributed by atoms with Crippen molar-refractivity contribution in [2.24, 2.45) is 10.7 Å². The number of hydrogen-bond acceptors (Lipinski definition) is 5. The van der Waals surface area contributed by atoms with Crippen LogP contribution in [0.4, 0.5) is 5.69 Å². The van der Waals surface area contributed by atoms with Crippen molar-refractivity contribution in [3.05, 3.63) is 66.2 Å². The highest BCUT2D eigenvalue weighted by molar-refractivity contribution is 6.45. The zero-order valence-electron chi connectivity index (χ0n) is 13.9. The highest BCUT2D eigenvalue weighted by Gasteiger charge is 2.13. The van der Waals surface area contributed by atoms with Crippen molar-refractivity contribution < 1.29 is 9.59 Å². The number of rotatable bonds is 8. The Morgan fingerprint density at radius 3 is 2.38 bits per heavy atom. The third kappa shape index (κ3) is 5.92. The van der Waals surface area contributed by atoms with Gasteiger partial charge in [0.1, 0.15) is 12.0 Å². The van der Waals surface area contributed by atoms with Gasteiger partial charge in [0.2, 0.25) is 0 Å². The molecule has 1 rings (SSSR count). The molecular formula is C18H22N4O2. The van der Waals surface area contributed by atoms with Crippen molar-refractivity contribution in [3.63, 3.8) is 0 Å². The maximum absolute atomic E-state index is 12.1. The Hall–Kier alpha value is -3.15. The molecule has 0 spiro atoms. The Labute approximate surface area is 141 Å². The minimum Gasteiger partial charge on any atom is -0.386 e. The molecule has 4 N–H and O–H groups in total. The molecule has 0 radical (unpaired) electrons. The minimum absolute atomic E-state index is 0.0457. The molecule has 0 aliphatic carbocycles. The van der Waals surface area contributed by atoms with Crippen LogP contribution in [-0.2, 0) is 4.79 Å². The Bertz CT molecular complexity index is 700. The van der Waals surface area contributed by atoms with E-state index >= 15 is 0 Å². The van der Waals surface area contributed by atoms with Gasteiger partial charge in [0.05, 0.1) is 18.1 Å². The number of aliphatic imine (C=N–C) groups is 1. The molecule has 0 aliphatic heterocycles. The molecule has 24 heavy (non-hydrogen) atoms. The van der Waals surface area contributed by atoms with Gasteiger partial charge in [0.15, 0.2) is 0 Å². The predicted octanol–water partition coefficient (Wildman–Crippen LogP) is 2.38. The number of anilines is 1. The normalized spacial score (nSPS) is 11.6. The first-order valence-electron chi connectivity index (χ1n) is 7.32. The molecule has 6 heteroatoms. The van der Waals surface area contributed by atoms with Crippen LogP contribution >= 0.6 is 0 Å². The summed E-state index contributed by atoms with van der Waals surface area (Å²) in [6.07, 6.45) is 2.58. The quantitative estimate of drug-likeness (QED) is 0.505. The first kappa shape index (κ1) is 18.9. The van der Waals surface area contributed by atoms with Gasteiger partial charge in [-0.05, 0) is 43.7 Å². The molecule has 0 aliphatic rings. The van der Waals surface area contributed by atoms with Crippen molar-refractivity contribution >= 4 is 23.6 Å². The number of nitrogens with two attached hydrogens (primary N) is 1. The van der Waals surface area contributed by atoms with Crippen molar-refractivity contribution in [2.75, 3.05) is 11.9 Å². The van der Waals surface area contributed by atoms with Gasteiger partial charge in [-0.3, -0.25) is 9.59 Å². The second-order valence-corrected chi connectivity index (χ2v) is 5.09. The average molecular weight is 326 g/mol.